The number of hydrogen-bond acceptors (Lipinski definition) is 6. The Balaban J connectivity index is 1.53. The first-order chi connectivity index (χ1) is 12.1. The Morgan fingerprint density at radius 3 is 2.56 bits per heavy atom. The fourth-order valence-corrected chi connectivity index (χ4v) is 2.80. The number of aromatic nitrogens is 3. The molecule has 0 amide bonds. The Morgan fingerprint density at radius 2 is 1.88 bits per heavy atom. The van der Waals surface area contributed by atoms with Crippen LogP contribution in [0.3, 0.4) is 0 Å². The van der Waals surface area contributed by atoms with E-state index in [0.717, 1.165) is 10.6 Å². The average Bonchev–Trinajstić information content (AvgIpc) is 3.03. The van der Waals surface area contributed by atoms with Crippen molar-refractivity contribution in [1.82, 2.24) is 15.2 Å². The number of nitrogens with zero attached hydrogens (tertiary/aromatic N) is 3. The molecule has 0 saturated carbocycles. The molecule has 0 aliphatic heterocycles. The second-order valence-corrected chi connectivity index (χ2v) is 6.08. The topological polar surface area (TPSA) is 59.9 Å². The first-order valence-electron chi connectivity index (χ1n) is 7.29. The zero-order valence-electron chi connectivity index (χ0n) is 12.8. The molecule has 0 fully saturated rings. The van der Waals surface area contributed by atoms with Crippen molar-refractivity contribution < 1.29 is 17.9 Å². The van der Waals surface area contributed by atoms with Crippen molar-refractivity contribution >= 4 is 16.5 Å². The number of rotatable bonds is 7. The van der Waals surface area contributed by atoms with Crippen LogP contribution in [-0.4, -0.2) is 21.8 Å². The van der Waals surface area contributed by atoms with Crippen molar-refractivity contribution in [1.29, 1.82) is 0 Å². The van der Waals surface area contributed by atoms with Gasteiger partial charge in [-0.1, -0.05) is 23.5 Å². The summed E-state index contributed by atoms with van der Waals surface area (Å²) in [4.78, 5) is 4.03. The third-order valence-corrected chi connectivity index (χ3v) is 4.06. The smallest absolute Gasteiger partial charge is 0.387 e. The van der Waals surface area contributed by atoms with Gasteiger partial charge in [0.15, 0.2) is 0 Å². The maximum absolute atomic E-state index is 12.9. The van der Waals surface area contributed by atoms with Gasteiger partial charge in [0.1, 0.15) is 16.6 Å². The minimum Gasteiger partial charge on any atom is -0.433 e. The summed E-state index contributed by atoms with van der Waals surface area (Å²) >= 11 is 1.38. The minimum absolute atomic E-state index is 0.0104. The lowest BCUT2D eigenvalue weighted by Gasteiger charge is -2.05. The fraction of sp³-hybridized carbons (Fsp3) is 0.188. The summed E-state index contributed by atoms with van der Waals surface area (Å²) in [5.74, 6) is -0.267. The summed E-state index contributed by atoms with van der Waals surface area (Å²) in [6, 6.07) is 9.24. The molecule has 0 unspecified atom stereocenters. The number of alkyl halides is 2. The standard InChI is InChI=1S/C16H13F3N4OS/c17-11-3-1-10(2-4-11)7-14-22-23-16(25-14)21-8-12-5-6-13(9-20-12)24-15(18)19/h1-6,9,15H,7-8H2,(H,21,23). The van der Waals surface area contributed by atoms with Crippen molar-refractivity contribution in [3.05, 3.63) is 64.7 Å². The molecule has 9 heteroatoms. The summed E-state index contributed by atoms with van der Waals surface area (Å²) in [6.45, 7) is -2.49. The molecule has 1 aromatic carbocycles. The number of anilines is 1. The van der Waals surface area contributed by atoms with Crippen LogP contribution in [-0.2, 0) is 13.0 Å². The average molecular weight is 366 g/mol. The van der Waals surface area contributed by atoms with Gasteiger partial charge in [-0.05, 0) is 29.8 Å². The molecule has 1 N–H and O–H groups in total. The van der Waals surface area contributed by atoms with Gasteiger partial charge in [0, 0.05) is 6.42 Å². The summed E-state index contributed by atoms with van der Waals surface area (Å²) in [5, 5.41) is 12.6. The summed E-state index contributed by atoms with van der Waals surface area (Å²) in [7, 11) is 0. The van der Waals surface area contributed by atoms with Crippen LogP contribution in [0.25, 0.3) is 0 Å². The molecule has 25 heavy (non-hydrogen) atoms. The van der Waals surface area contributed by atoms with E-state index in [1.54, 1.807) is 18.2 Å². The van der Waals surface area contributed by atoms with Gasteiger partial charge in [-0.15, -0.1) is 10.2 Å². The van der Waals surface area contributed by atoms with Crippen molar-refractivity contribution in [3.8, 4) is 5.75 Å². The van der Waals surface area contributed by atoms with Gasteiger partial charge < -0.3 is 10.1 Å². The number of benzene rings is 1. The largest absolute Gasteiger partial charge is 0.433 e. The third-order valence-electron chi connectivity index (χ3n) is 3.18. The Hall–Kier alpha value is -2.68. The molecular formula is C16H13F3N4OS. The van der Waals surface area contributed by atoms with Crippen LogP contribution in [0.2, 0.25) is 0 Å². The van der Waals surface area contributed by atoms with Gasteiger partial charge in [-0.2, -0.15) is 8.78 Å². The van der Waals surface area contributed by atoms with Gasteiger partial charge in [0.25, 0.3) is 0 Å². The molecule has 5 nitrogen and oxygen atoms in total. The lowest BCUT2D eigenvalue weighted by molar-refractivity contribution is -0.0500. The minimum atomic E-state index is -2.87. The molecule has 0 radical (unpaired) electrons. The first kappa shape index (κ1) is 17.2. The molecule has 0 bridgehead atoms. The van der Waals surface area contributed by atoms with Crippen LogP contribution in [0.15, 0.2) is 42.6 Å². The normalized spacial score (nSPS) is 10.9. The first-order valence-corrected chi connectivity index (χ1v) is 8.10. The van der Waals surface area contributed by atoms with E-state index >= 15 is 0 Å². The molecule has 3 aromatic rings. The highest BCUT2D eigenvalue weighted by Crippen LogP contribution is 2.20. The van der Waals surface area contributed by atoms with E-state index in [0.29, 0.717) is 23.8 Å². The summed E-state index contributed by atoms with van der Waals surface area (Å²) in [6.07, 6.45) is 1.81. The van der Waals surface area contributed by atoms with Crippen molar-refractivity contribution in [2.24, 2.45) is 0 Å². The lowest BCUT2D eigenvalue weighted by Crippen LogP contribution is -2.04. The van der Waals surface area contributed by atoms with Gasteiger partial charge in [-0.25, -0.2) is 4.39 Å². The number of pyridine rings is 1. The van der Waals surface area contributed by atoms with E-state index < -0.39 is 6.61 Å². The van der Waals surface area contributed by atoms with Crippen molar-refractivity contribution in [2.45, 2.75) is 19.6 Å². The van der Waals surface area contributed by atoms with Gasteiger partial charge in [-0.3, -0.25) is 4.98 Å². The molecule has 0 saturated heterocycles. The monoisotopic (exact) mass is 366 g/mol. The van der Waals surface area contributed by atoms with Crippen LogP contribution in [0.5, 0.6) is 5.75 Å². The predicted molar refractivity (Wildman–Crippen MR) is 87.3 cm³/mol. The highest BCUT2D eigenvalue weighted by Gasteiger charge is 2.07. The highest BCUT2D eigenvalue weighted by molar-refractivity contribution is 7.15. The van der Waals surface area contributed by atoms with Crippen LogP contribution < -0.4 is 10.1 Å². The second kappa shape index (κ2) is 7.93. The van der Waals surface area contributed by atoms with Crippen LogP contribution in [0.1, 0.15) is 16.3 Å². The van der Waals surface area contributed by atoms with E-state index in [1.165, 1.54) is 35.7 Å². The summed E-state index contributed by atoms with van der Waals surface area (Å²) < 4.78 is 41.3. The predicted octanol–water partition coefficient (Wildman–Crippen LogP) is 3.88. The van der Waals surface area contributed by atoms with Gasteiger partial charge in [0.2, 0.25) is 5.13 Å². The van der Waals surface area contributed by atoms with Gasteiger partial charge in [0.05, 0.1) is 18.4 Å². The van der Waals surface area contributed by atoms with Crippen molar-refractivity contribution in [2.75, 3.05) is 5.32 Å². The molecule has 0 aliphatic carbocycles. The van der Waals surface area contributed by atoms with E-state index in [1.807, 2.05) is 0 Å². The highest BCUT2D eigenvalue weighted by atomic mass is 32.1. The Bertz CT molecular complexity index is 809. The van der Waals surface area contributed by atoms with E-state index in [-0.39, 0.29) is 11.6 Å². The Kier molecular flexibility index (Phi) is 5.44. The molecule has 0 atom stereocenters. The number of halogens is 3. The molecule has 2 aromatic heterocycles. The molecule has 130 valence electrons. The zero-order valence-corrected chi connectivity index (χ0v) is 13.6. The molecule has 2 heterocycles. The van der Waals surface area contributed by atoms with Crippen LogP contribution in [0.4, 0.5) is 18.3 Å². The molecule has 0 spiro atoms. The van der Waals surface area contributed by atoms with E-state index in [4.69, 9.17) is 0 Å². The number of nitrogens with one attached hydrogen (secondary N) is 1. The fourth-order valence-electron chi connectivity index (χ4n) is 2.03. The van der Waals surface area contributed by atoms with Crippen LogP contribution >= 0.6 is 11.3 Å². The second-order valence-electron chi connectivity index (χ2n) is 5.02. The zero-order chi connectivity index (χ0) is 17.6. The lowest BCUT2D eigenvalue weighted by atomic mass is 10.2. The Morgan fingerprint density at radius 1 is 1.08 bits per heavy atom. The summed E-state index contributed by atoms with van der Waals surface area (Å²) in [5.41, 5.74) is 1.59. The molecular weight excluding hydrogens is 353 g/mol. The maximum Gasteiger partial charge on any atom is 0.387 e. The number of ether oxygens (including phenoxy) is 1. The molecule has 0 aliphatic rings. The third kappa shape index (κ3) is 5.15. The van der Waals surface area contributed by atoms with E-state index in [9.17, 15) is 13.2 Å². The number of hydrogen-bond donors (Lipinski definition) is 1. The Labute approximate surface area is 145 Å². The quantitative estimate of drug-likeness (QED) is 0.688. The van der Waals surface area contributed by atoms with Crippen molar-refractivity contribution in [3.63, 3.8) is 0 Å². The van der Waals surface area contributed by atoms with Gasteiger partial charge >= 0.3 is 6.61 Å². The SMILES string of the molecule is Fc1ccc(Cc2nnc(NCc3ccc(OC(F)F)cn3)s2)cc1. The molecule has 3 rings (SSSR count). The van der Waals surface area contributed by atoms with Crippen LogP contribution in [0, 0.1) is 5.82 Å². The maximum atomic E-state index is 12.9. The van der Waals surface area contributed by atoms with E-state index in [2.05, 4.69) is 25.2 Å².